The van der Waals surface area contributed by atoms with Crippen molar-refractivity contribution < 1.29 is 13.9 Å². The first-order valence-corrected chi connectivity index (χ1v) is 6.47. The van der Waals surface area contributed by atoms with Crippen LogP contribution in [0.15, 0.2) is 6.07 Å². The first-order chi connectivity index (χ1) is 8.95. The third-order valence-corrected chi connectivity index (χ3v) is 2.72. The van der Waals surface area contributed by atoms with Crippen LogP contribution >= 0.6 is 0 Å². The molecule has 6 heteroatoms. The molecule has 108 valence electrons. The van der Waals surface area contributed by atoms with Crippen molar-refractivity contribution >= 4 is 11.6 Å². The third kappa shape index (κ3) is 4.63. The molecule has 0 aliphatic heterocycles. The van der Waals surface area contributed by atoms with Gasteiger partial charge in [-0.25, -0.2) is 13.8 Å². The van der Waals surface area contributed by atoms with Gasteiger partial charge in [-0.05, 0) is 12.3 Å². The monoisotopic (exact) mass is 273 g/mol. The van der Waals surface area contributed by atoms with Crippen molar-refractivity contribution in [3.05, 3.63) is 17.7 Å². The third-order valence-electron chi connectivity index (χ3n) is 2.72. The van der Waals surface area contributed by atoms with E-state index in [1.54, 1.807) is 0 Å². The summed E-state index contributed by atoms with van der Waals surface area (Å²) in [7, 11) is 0. The zero-order valence-corrected chi connectivity index (χ0v) is 11.5. The molecule has 1 aromatic rings. The Morgan fingerprint density at radius 1 is 1.21 bits per heavy atom. The van der Waals surface area contributed by atoms with Gasteiger partial charge in [-0.1, -0.05) is 20.8 Å². The fraction of sp³-hybridized carbons (Fsp3) is 0.615. The number of hydrogen-bond donors (Lipinski definition) is 3. The van der Waals surface area contributed by atoms with Crippen molar-refractivity contribution in [2.24, 2.45) is 5.92 Å². The maximum absolute atomic E-state index is 13.5. The van der Waals surface area contributed by atoms with Crippen LogP contribution in [0.3, 0.4) is 0 Å². The van der Waals surface area contributed by atoms with Crippen molar-refractivity contribution in [1.82, 2.24) is 4.98 Å². The van der Waals surface area contributed by atoms with Crippen LogP contribution < -0.4 is 10.6 Å². The van der Waals surface area contributed by atoms with Gasteiger partial charge in [0.25, 0.3) is 0 Å². The average molecular weight is 273 g/mol. The van der Waals surface area contributed by atoms with E-state index in [1.807, 2.05) is 20.8 Å². The molecule has 3 N–H and O–H groups in total. The number of anilines is 2. The molecule has 0 fully saturated rings. The van der Waals surface area contributed by atoms with Crippen molar-refractivity contribution in [2.45, 2.75) is 33.3 Å². The molecule has 1 unspecified atom stereocenters. The Labute approximate surface area is 112 Å². The van der Waals surface area contributed by atoms with E-state index in [0.29, 0.717) is 6.54 Å². The standard InChI is InChI=1S/C13H21F2N3O/c1-4-5-16-12-9(14)6-10(15)13(18-12)17-7-11(19)8(2)3/h6,8,11,19H,4-5,7H2,1-3H3,(H2,16,17,18). The van der Waals surface area contributed by atoms with Crippen LogP contribution in [0, 0.1) is 17.6 Å². The number of halogens is 2. The predicted octanol–water partition coefficient (Wildman–Crippen LogP) is 2.61. The molecule has 19 heavy (non-hydrogen) atoms. The zero-order valence-electron chi connectivity index (χ0n) is 11.5. The van der Waals surface area contributed by atoms with Crippen molar-refractivity contribution in [3.8, 4) is 0 Å². The van der Waals surface area contributed by atoms with E-state index in [-0.39, 0.29) is 24.1 Å². The Bertz CT molecular complexity index is 413. The quantitative estimate of drug-likeness (QED) is 0.715. The van der Waals surface area contributed by atoms with Gasteiger partial charge in [0.15, 0.2) is 23.3 Å². The summed E-state index contributed by atoms with van der Waals surface area (Å²) < 4.78 is 27.0. The van der Waals surface area contributed by atoms with E-state index in [4.69, 9.17) is 0 Å². The molecule has 0 amide bonds. The van der Waals surface area contributed by atoms with E-state index in [0.717, 1.165) is 12.5 Å². The Morgan fingerprint density at radius 2 is 1.79 bits per heavy atom. The maximum Gasteiger partial charge on any atom is 0.168 e. The molecule has 0 aromatic carbocycles. The first kappa shape index (κ1) is 15.6. The minimum Gasteiger partial charge on any atom is -0.391 e. The van der Waals surface area contributed by atoms with Crippen LogP contribution in [0.4, 0.5) is 20.4 Å². The molecule has 0 saturated carbocycles. The lowest BCUT2D eigenvalue weighted by Gasteiger charge is -2.16. The number of pyridine rings is 1. The van der Waals surface area contributed by atoms with E-state index < -0.39 is 17.7 Å². The summed E-state index contributed by atoms with van der Waals surface area (Å²) in [5.41, 5.74) is 0. The van der Waals surface area contributed by atoms with Crippen LogP contribution in [0.1, 0.15) is 27.2 Å². The fourth-order valence-corrected chi connectivity index (χ4v) is 1.39. The van der Waals surface area contributed by atoms with Crippen molar-refractivity contribution in [1.29, 1.82) is 0 Å². The summed E-state index contributed by atoms with van der Waals surface area (Å²) in [5.74, 6) is -1.48. The Balaban J connectivity index is 2.76. The highest BCUT2D eigenvalue weighted by Gasteiger charge is 2.14. The summed E-state index contributed by atoms with van der Waals surface area (Å²) in [6.07, 6.45) is 0.200. The van der Waals surface area contributed by atoms with Crippen molar-refractivity contribution in [3.63, 3.8) is 0 Å². The second kappa shape index (κ2) is 7.23. The maximum atomic E-state index is 13.5. The van der Waals surface area contributed by atoms with E-state index >= 15 is 0 Å². The van der Waals surface area contributed by atoms with E-state index in [1.165, 1.54) is 0 Å². The van der Waals surface area contributed by atoms with Gasteiger partial charge in [-0.3, -0.25) is 0 Å². The van der Waals surface area contributed by atoms with Crippen LogP contribution in [0.5, 0.6) is 0 Å². The zero-order chi connectivity index (χ0) is 14.4. The van der Waals surface area contributed by atoms with Crippen LogP contribution in [-0.2, 0) is 0 Å². The van der Waals surface area contributed by atoms with Gasteiger partial charge in [0.1, 0.15) is 0 Å². The lowest BCUT2D eigenvalue weighted by atomic mass is 10.1. The number of nitrogens with one attached hydrogen (secondary N) is 2. The number of aliphatic hydroxyl groups is 1. The number of nitrogens with zero attached hydrogens (tertiary/aromatic N) is 1. The molecular formula is C13H21F2N3O. The van der Waals surface area contributed by atoms with Gasteiger partial charge in [0.2, 0.25) is 0 Å². The highest BCUT2D eigenvalue weighted by molar-refractivity contribution is 5.47. The smallest absolute Gasteiger partial charge is 0.168 e. The summed E-state index contributed by atoms with van der Waals surface area (Å²) in [5, 5.41) is 15.1. The average Bonchev–Trinajstić information content (AvgIpc) is 2.36. The number of hydrogen-bond acceptors (Lipinski definition) is 4. The predicted molar refractivity (Wildman–Crippen MR) is 72.3 cm³/mol. The molecule has 1 rings (SSSR count). The highest BCUT2D eigenvalue weighted by atomic mass is 19.1. The molecule has 0 radical (unpaired) electrons. The second-order valence-corrected chi connectivity index (χ2v) is 4.77. The SMILES string of the molecule is CCCNc1nc(NCC(O)C(C)C)c(F)cc1F. The Kier molecular flexibility index (Phi) is 5.95. The largest absolute Gasteiger partial charge is 0.391 e. The molecule has 0 bridgehead atoms. The molecule has 0 saturated heterocycles. The van der Waals surface area contributed by atoms with E-state index in [2.05, 4.69) is 15.6 Å². The molecule has 0 spiro atoms. The molecule has 1 aromatic heterocycles. The van der Waals surface area contributed by atoms with Crippen molar-refractivity contribution in [2.75, 3.05) is 23.7 Å². The van der Waals surface area contributed by atoms with Gasteiger partial charge >= 0.3 is 0 Å². The van der Waals surface area contributed by atoms with Gasteiger partial charge < -0.3 is 15.7 Å². The van der Waals surface area contributed by atoms with Crippen LogP contribution in [0.25, 0.3) is 0 Å². The molecular weight excluding hydrogens is 252 g/mol. The fourth-order valence-electron chi connectivity index (χ4n) is 1.39. The van der Waals surface area contributed by atoms with Gasteiger partial charge in [-0.15, -0.1) is 0 Å². The van der Waals surface area contributed by atoms with Gasteiger partial charge in [0.05, 0.1) is 6.10 Å². The summed E-state index contributed by atoms with van der Waals surface area (Å²) >= 11 is 0. The first-order valence-electron chi connectivity index (χ1n) is 6.47. The normalized spacial score (nSPS) is 12.6. The summed E-state index contributed by atoms with van der Waals surface area (Å²) in [6, 6.07) is 0.787. The molecule has 1 atom stereocenters. The number of aliphatic hydroxyl groups excluding tert-OH is 1. The molecule has 0 aliphatic rings. The Morgan fingerprint density at radius 3 is 2.32 bits per heavy atom. The minimum atomic E-state index is -0.768. The number of aromatic nitrogens is 1. The van der Waals surface area contributed by atoms with Crippen LogP contribution in [0.2, 0.25) is 0 Å². The van der Waals surface area contributed by atoms with Crippen LogP contribution in [-0.4, -0.2) is 29.3 Å². The topological polar surface area (TPSA) is 57.2 Å². The van der Waals surface area contributed by atoms with Gasteiger partial charge in [0, 0.05) is 19.2 Å². The summed E-state index contributed by atoms with van der Waals surface area (Å²) in [4.78, 5) is 3.86. The lowest BCUT2D eigenvalue weighted by Crippen LogP contribution is -2.25. The highest BCUT2D eigenvalue weighted by Crippen LogP contribution is 2.19. The molecule has 0 aliphatic carbocycles. The molecule has 1 heterocycles. The number of rotatable bonds is 7. The van der Waals surface area contributed by atoms with E-state index in [9.17, 15) is 13.9 Å². The summed E-state index contributed by atoms with van der Waals surface area (Å²) in [6.45, 7) is 6.38. The lowest BCUT2D eigenvalue weighted by molar-refractivity contribution is 0.137. The minimum absolute atomic E-state index is 0.0183. The van der Waals surface area contributed by atoms with Gasteiger partial charge in [-0.2, -0.15) is 0 Å². The molecule has 4 nitrogen and oxygen atoms in total. The second-order valence-electron chi connectivity index (χ2n) is 4.77. The Hall–Kier alpha value is -1.43.